The van der Waals surface area contributed by atoms with Crippen molar-refractivity contribution in [3.63, 3.8) is 0 Å². The van der Waals surface area contributed by atoms with Gasteiger partial charge in [-0.05, 0) is 53.8 Å². The van der Waals surface area contributed by atoms with Gasteiger partial charge in [0.2, 0.25) is 5.91 Å². The maximum atomic E-state index is 12.5. The zero-order valence-electron chi connectivity index (χ0n) is 19.3. The third-order valence-corrected chi connectivity index (χ3v) is 5.57. The van der Waals surface area contributed by atoms with E-state index < -0.39 is 22.9 Å². The molecule has 0 bridgehead atoms. The fourth-order valence-electron chi connectivity index (χ4n) is 3.77. The topological polar surface area (TPSA) is 148 Å². The number of nitro benzene ring substituents is 1. The molecule has 0 saturated heterocycles. The Bertz CT molecular complexity index is 1090. The molecule has 2 N–H and O–H groups in total. The van der Waals surface area contributed by atoms with Gasteiger partial charge in [0, 0.05) is 32.3 Å². The molecule has 1 aliphatic rings. The summed E-state index contributed by atoms with van der Waals surface area (Å²) in [6.07, 6.45) is 0.0984. The van der Waals surface area contributed by atoms with Crippen molar-refractivity contribution in [2.24, 2.45) is 5.92 Å². The molecule has 2 amide bonds. The molecule has 2 aromatic carbocycles. The minimum absolute atomic E-state index is 0.000273. The molecule has 0 aromatic heterocycles. The zero-order valence-corrected chi connectivity index (χ0v) is 19.3. The predicted octanol–water partition coefficient (Wildman–Crippen LogP) is 2.90. The maximum absolute atomic E-state index is 12.5. The van der Waals surface area contributed by atoms with E-state index in [1.165, 1.54) is 29.2 Å². The molecular formula is C24H27N3O8. The first-order valence-electron chi connectivity index (χ1n) is 11.1. The number of aliphatic carboxylic acids is 1. The number of benzene rings is 2. The highest BCUT2D eigenvalue weighted by Crippen LogP contribution is 2.27. The van der Waals surface area contributed by atoms with Crippen LogP contribution in [0.1, 0.15) is 29.5 Å². The number of ether oxygens (including phenoxy) is 2. The van der Waals surface area contributed by atoms with E-state index in [4.69, 9.17) is 14.6 Å². The van der Waals surface area contributed by atoms with Gasteiger partial charge in [-0.15, -0.1) is 0 Å². The normalized spacial score (nSPS) is 15.1. The van der Waals surface area contributed by atoms with Crippen LogP contribution in [0.15, 0.2) is 42.5 Å². The Hall–Kier alpha value is -4.15. The minimum Gasteiger partial charge on any atom is -0.494 e. The summed E-state index contributed by atoms with van der Waals surface area (Å²) in [5.41, 5.74) is 2.45. The number of hydrogen-bond donors (Lipinski definition) is 2. The number of carbonyl (C=O) groups excluding carboxylic acids is 2. The lowest BCUT2D eigenvalue weighted by atomic mass is 9.94. The average Bonchev–Trinajstić information content (AvgIpc) is 2.93. The molecule has 0 aliphatic carbocycles. The van der Waals surface area contributed by atoms with E-state index in [0.29, 0.717) is 43.9 Å². The second-order valence-electron chi connectivity index (χ2n) is 8.25. The monoisotopic (exact) mass is 485 g/mol. The number of nitro groups is 1. The highest BCUT2D eigenvalue weighted by molar-refractivity contribution is 5.84. The lowest BCUT2D eigenvalue weighted by Crippen LogP contribution is -2.32. The van der Waals surface area contributed by atoms with E-state index in [9.17, 15) is 24.5 Å². The van der Waals surface area contributed by atoms with Crippen molar-refractivity contribution < 1.29 is 33.9 Å². The number of non-ortho nitro benzene ring substituents is 1. The minimum atomic E-state index is -0.996. The fourth-order valence-corrected chi connectivity index (χ4v) is 3.77. The number of carbonyl (C=O) groups is 3. The molecule has 11 heteroatoms. The maximum Gasteiger partial charge on any atom is 0.407 e. The quantitative estimate of drug-likeness (QED) is 0.296. The molecule has 1 aliphatic heterocycles. The van der Waals surface area contributed by atoms with Crippen molar-refractivity contribution >= 4 is 23.7 Å². The second kappa shape index (κ2) is 11.8. The van der Waals surface area contributed by atoms with Crippen molar-refractivity contribution in [3.8, 4) is 5.75 Å². The largest absolute Gasteiger partial charge is 0.494 e. The first kappa shape index (κ1) is 25.5. The Morgan fingerprint density at radius 2 is 1.94 bits per heavy atom. The van der Waals surface area contributed by atoms with Gasteiger partial charge in [-0.25, -0.2) is 4.79 Å². The van der Waals surface area contributed by atoms with Crippen LogP contribution in [0.4, 0.5) is 10.5 Å². The molecule has 186 valence electrons. The number of fused-ring (bicyclic) bond motifs is 1. The summed E-state index contributed by atoms with van der Waals surface area (Å²) in [5, 5.41) is 22.4. The number of nitrogens with zero attached hydrogens (tertiary/aromatic N) is 2. The van der Waals surface area contributed by atoms with Crippen LogP contribution in [-0.4, -0.2) is 53.1 Å². The Morgan fingerprint density at radius 1 is 1.20 bits per heavy atom. The van der Waals surface area contributed by atoms with Gasteiger partial charge in [-0.3, -0.25) is 19.7 Å². The molecular weight excluding hydrogens is 458 g/mol. The van der Waals surface area contributed by atoms with Gasteiger partial charge in [0.25, 0.3) is 5.69 Å². The van der Waals surface area contributed by atoms with Crippen LogP contribution in [-0.2, 0) is 33.9 Å². The Labute approximate surface area is 201 Å². The van der Waals surface area contributed by atoms with Crippen molar-refractivity contribution in [2.45, 2.75) is 32.4 Å². The first-order valence-corrected chi connectivity index (χ1v) is 11.1. The molecule has 0 spiro atoms. The molecule has 0 radical (unpaired) electrons. The summed E-state index contributed by atoms with van der Waals surface area (Å²) in [6, 6.07) is 11.3. The van der Waals surface area contributed by atoms with Gasteiger partial charge in [-0.2, -0.15) is 0 Å². The molecule has 0 saturated carbocycles. The van der Waals surface area contributed by atoms with Crippen LogP contribution in [0.25, 0.3) is 0 Å². The third kappa shape index (κ3) is 7.42. The highest BCUT2D eigenvalue weighted by Gasteiger charge is 2.29. The number of hydrogen-bond acceptors (Lipinski definition) is 7. The van der Waals surface area contributed by atoms with E-state index in [2.05, 4.69) is 5.32 Å². The number of carboxylic acid groups (broad SMARTS) is 1. The number of carboxylic acids is 1. The highest BCUT2D eigenvalue weighted by atomic mass is 16.6. The summed E-state index contributed by atoms with van der Waals surface area (Å²) in [7, 11) is 1.66. The van der Waals surface area contributed by atoms with E-state index in [-0.39, 0.29) is 24.6 Å². The van der Waals surface area contributed by atoms with Gasteiger partial charge in [0.15, 0.2) is 0 Å². The molecule has 3 rings (SSSR count). The van der Waals surface area contributed by atoms with Crippen molar-refractivity contribution in [2.75, 3.05) is 20.2 Å². The smallest absolute Gasteiger partial charge is 0.407 e. The van der Waals surface area contributed by atoms with Gasteiger partial charge < -0.3 is 24.8 Å². The van der Waals surface area contributed by atoms with Gasteiger partial charge >= 0.3 is 12.1 Å². The zero-order chi connectivity index (χ0) is 25.4. The molecule has 11 nitrogen and oxygen atoms in total. The van der Waals surface area contributed by atoms with E-state index in [1.807, 2.05) is 12.1 Å². The van der Waals surface area contributed by atoms with Crippen LogP contribution in [0.3, 0.4) is 0 Å². The van der Waals surface area contributed by atoms with Crippen LogP contribution >= 0.6 is 0 Å². The Morgan fingerprint density at radius 3 is 2.63 bits per heavy atom. The lowest BCUT2D eigenvalue weighted by Gasteiger charge is -2.18. The van der Waals surface area contributed by atoms with Crippen molar-refractivity contribution in [1.29, 1.82) is 0 Å². The van der Waals surface area contributed by atoms with Gasteiger partial charge in [0.05, 0.1) is 23.9 Å². The predicted molar refractivity (Wildman–Crippen MR) is 124 cm³/mol. The van der Waals surface area contributed by atoms with Crippen LogP contribution < -0.4 is 10.1 Å². The fraction of sp³-hybridized carbons (Fsp3) is 0.375. The van der Waals surface area contributed by atoms with Gasteiger partial charge in [-0.1, -0.05) is 6.07 Å². The second-order valence-corrected chi connectivity index (χ2v) is 8.25. The van der Waals surface area contributed by atoms with Crippen molar-refractivity contribution in [3.05, 3.63) is 69.3 Å². The molecule has 0 fully saturated rings. The lowest BCUT2D eigenvalue weighted by molar-refractivity contribution is -0.384. The van der Waals surface area contributed by atoms with E-state index in [1.54, 1.807) is 13.1 Å². The van der Waals surface area contributed by atoms with Crippen LogP contribution in [0, 0.1) is 16.0 Å². The van der Waals surface area contributed by atoms with Crippen molar-refractivity contribution in [1.82, 2.24) is 10.2 Å². The average molecular weight is 485 g/mol. The Balaban J connectivity index is 1.40. The summed E-state index contributed by atoms with van der Waals surface area (Å²) < 4.78 is 10.9. The Kier molecular flexibility index (Phi) is 8.60. The number of amides is 2. The molecule has 1 unspecified atom stereocenters. The summed E-state index contributed by atoms with van der Waals surface area (Å²) in [6.45, 7) is 1.05. The number of nitrogens with one attached hydrogen (secondary N) is 1. The van der Waals surface area contributed by atoms with Crippen LogP contribution in [0.2, 0.25) is 0 Å². The number of alkyl carbamates (subject to hydrolysis) is 1. The van der Waals surface area contributed by atoms with Gasteiger partial charge in [0.1, 0.15) is 12.4 Å². The molecule has 1 heterocycles. The first-order chi connectivity index (χ1) is 16.7. The van der Waals surface area contributed by atoms with E-state index in [0.717, 1.165) is 11.1 Å². The number of rotatable bonds is 10. The van der Waals surface area contributed by atoms with E-state index >= 15 is 0 Å². The summed E-state index contributed by atoms with van der Waals surface area (Å²) >= 11 is 0. The van der Waals surface area contributed by atoms with Crippen LogP contribution in [0.5, 0.6) is 5.75 Å². The third-order valence-electron chi connectivity index (χ3n) is 5.57. The SMILES string of the molecule is CN1Cc2cc(OCCCNC(=O)OCc3ccc([N+](=O)[O-])cc3)ccc2CC(CC(=O)O)C1=O. The molecule has 1 atom stereocenters. The standard InChI is InChI=1S/C24H27N3O8/c1-26-14-19-12-21(8-5-17(19)11-18(23(26)30)13-22(28)29)34-10-2-9-25-24(31)35-15-16-3-6-20(7-4-16)27(32)33/h3-8,12,18H,2,9-11,13-15H2,1H3,(H,25,31)(H,28,29). The molecule has 35 heavy (non-hydrogen) atoms. The molecule has 2 aromatic rings. The summed E-state index contributed by atoms with van der Waals surface area (Å²) in [4.78, 5) is 47.1. The summed E-state index contributed by atoms with van der Waals surface area (Å²) in [5.74, 6) is -1.14.